The first kappa shape index (κ1) is 18.1. The van der Waals surface area contributed by atoms with Gasteiger partial charge in [0.05, 0.1) is 6.26 Å². The molecule has 0 aromatic carbocycles. The van der Waals surface area contributed by atoms with Crippen LogP contribution < -0.4 is 10.6 Å². The molecule has 1 aliphatic carbocycles. The lowest BCUT2D eigenvalue weighted by Gasteiger charge is -2.29. The van der Waals surface area contributed by atoms with Gasteiger partial charge in [0.2, 0.25) is 0 Å². The molecule has 0 bridgehead atoms. The zero-order valence-corrected chi connectivity index (χ0v) is 14.8. The van der Waals surface area contributed by atoms with E-state index in [-0.39, 0.29) is 12.2 Å². The summed E-state index contributed by atoms with van der Waals surface area (Å²) in [6, 6.07) is 0.291. The third-order valence-corrected chi connectivity index (χ3v) is 4.46. The summed E-state index contributed by atoms with van der Waals surface area (Å²) in [7, 11) is 0. The maximum Gasteiger partial charge on any atom is 0.407 e. The van der Waals surface area contributed by atoms with Crippen LogP contribution in [-0.4, -0.2) is 36.9 Å². The van der Waals surface area contributed by atoms with E-state index in [4.69, 9.17) is 9.47 Å². The predicted molar refractivity (Wildman–Crippen MR) is 91.2 cm³/mol. The summed E-state index contributed by atoms with van der Waals surface area (Å²) in [4.78, 5) is 11.9. The molecule has 2 aliphatic rings. The van der Waals surface area contributed by atoms with Gasteiger partial charge in [-0.05, 0) is 58.4 Å². The van der Waals surface area contributed by atoms with Crippen LogP contribution in [-0.2, 0) is 9.47 Å². The van der Waals surface area contributed by atoms with Crippen LogP contribution in [0.2, 0.25) is 0 Å². The zero-order valence-electron chi connectivity index (χ0n) is 14.8. The van der Waals surface area contributed by atoms with Crippen LogP contribution in [0.5, 0.6) is 0 Å². The molecule has 0 aromatic rings. The number of nitrogens with one attached hydrogen (secondary N) is 2. The number of alkyl carbamates (subject to hydrolysis) is 1. The molecule has 1 heterocycles. The number of ether oxygens (including phenoxy) is 2. The Labute approximate surface area is 140 Å². The molecule has 5 nitrogen and oxygen atoms in total. The maximum atomic E-state index is 11.9. The van der Waals surface area contributed by atoms with Gasteiger partial charge in [-0.15, -0.1) is 0 Å². The van der Waals surface area contributed by atoms with Crippen LogP contribution in [0.4, 0.5) is 4.79 Å². The highest BCUT2D eigenvalue weighted by molar-refractivity contribution is 5.67. The van der Waals surface area contributed by atoms with E-state index in [2.05, 4.69) is 16.7 Å². The van der Waals surface area contributed by atoms with Crippen molar-refractivity contribution in [2.75, 3.05) is 13.1 Å². The van der Waals surface area contributed by atoms with Crippen molar-refractivity contribution in [1.82, 2.24) is 10.6 Å². The number of amides is 1. The average molecular weight is 324 g/mol. The normalized spacial score (nSPS) is 23.3. The minimum Gasteiger partial charge on any atom is -0.497 e. The first-order chi connectivity index (χ1) is 10.9. The third kappa shape index (κ3) is 6.81. The van der Waals surface area contributed by atoms with Gasteiger partial charge in [0.1, 0.15) is 11.7 Å². The number of hydrogen-bond acceptors (Lipinski definition) is 4. The van der Waals surface area contributed by atoms with Gasteiger partial charge in [-0.2, -0.15) is 0 Å². The summed E-state index contributed by atoms with van der Waals surface area (Å²) >= 11 is 0. The highest BCUT2D eigenvalue weighted by atomic mass is 16.6. The fourth-order valence-corrected chi connectivity index (χ4v) is 3.29. The Hall–Kier alpha value is -1.23. The molecular formula is C18H32N2O3. The molecule has 0 saturated heterocycles. The maximum absolute atomic E-state index is 11.9. The monoisotopic (exact) mass is 324 g/mol. The standard InChI is InChI=1S/C18H32N2O3/c1-18(2,3)23-17(21)20-13-16(14-8-4-5-9-14)19-12-15-10-6-7-11-22-15/h7,11,14-16,19H,4-6,8-10,12-13H2,1-3H3,(H,20,21). The Balaban J connectivity index is 1.79. The van der Waals surface area contributed by atoms with Crippen molar-refractivity contribution in [2.24, 2.45) is 5.92 Å². The van der Waals surface area contributed by atoms with E-state index >= 15 is 0 Å². The van der Waals surface area contributed by atoms with Gasteiger partial charge in [-0.1, -0.05) is 12.8 Å². The lowest BCUT2D eigenvalue weighted by atomic mass is 9.97. The van der Waals surface area contributed by atoms with Gasteiger partial charge >= 0.3 is 6.09 Å². The summed E-state index contributed by atoms with van der Waals surface area (Å²) < 4.78 is 11.0. The Morgan fingerprint density at radius 3 is 2.65 bits per heavy atom. The summed E-state index contributed by atoms with van der Waals surface area (Å²) in [5.41, 5.74) is -0.456. The van der Waals surface area contributed by atoms with Gasteiger partial charge in [-0.3, -0.25) is 0 Å². The van der Waals surface area contributed by atoms with Gasteiger partial charge in [0, 0.05) is 19.1 Å². The molecular weight excluding hydrogens is 292 g/mol. The molecule has 0 radical (unpaired) electrons. The zero-order chi connectivity index (χ0) is 16.7. The molecule has 1 saturated carbocycles. The Morgan fingerprint density at radius 1 is 1.30 bits per heavy atom. The van der Waals surface area contributed by atoms with E-state index in [0.29, 0.717) is 18.5 Å². The molecule has 0 spiro atoms. The van der Waals surface area contributed by atoms with Gasteiger partial charge in [0.15, 0.2) is 0 Å². The largest absolute Gasteiger partial charge is 0.497 e. The lowest BCUT2D eigenvalue weighted by molar-refractivity contribution is 0.0515. The highest BCUT2D eigenvalue weighted by Gasteiger charge is 2.27. The molecule has 2 atom stereocenters. The van der Waals surface area contributed by atoms with Crippen molar-refractivity contribution in [3.8, 4) is 0 Å². The van der Waals surface area contributed by atoms with E-state index in [9.17, 15) is 4.79 Å². The van der Waals surface area contributed by atoms with Crippen molar-refractivity contribution in [3.63, 3.8) is 0 Å². The van der Waals surface area contributed by atoms with E-state index < -0.39 is 5.60 Å². The molecule has 2 N–H and O–H groups in total. The highest BCUT2D eigenvalue weighted by Crippen LogP contribution is 2.27. The van der Waals surface area contributed by atoms with Crippen molar-refractivity contribution in [3.05, 3.63) is 12.3 Å². The summed E-state index contributed by atoms with van der Waals surface area (Å²) in [5, 5.41) is 6.55. The average Bonchev–Trinajstić information content (AvgIpc) is 3.00. The SMILES string of the molecule is CC(C)(C)OC(=O)NCC(NCC1CCC=CO1)C1CCCC1. The summed E-state index contributed by atoms with van der Waals surface area (Å²) in [6.45, 7) is 7.09. The first-order valence-electron chi connectivity index (χ1n) is 8.95. The number of allylic oxidation sites excluding steroid dienone is 1. The molecule has 5 heteroatoms. The van der Waals surface area contributed by atoms with E-state index in [1.54, 1.807) is 6.26 Å². The minimum absolute atomic E-state index is 0.241. The van der Waals surface area contributed by atoms with Gasteiger partial charge in [0.25, 0.3) is 0 Å². The smallest absolute Gasteiger partial charge is 0.407 e. The van der Waals surface area contributed by atoms with Gasteiger partial charge in [-0.25, -0.2) is 4.79 Å². The fourth-order valence-electron chi connectivity index (χ4n) is 3.29. The molecule has 132 valence electrons. The van der Waals surface area contributed by atoms with Crippen molar-refractivity contribution in [1.29, 1.82) is 0 Å². The number of carbonyl (C=O) groups is 1. The number of carbonyl (C=O) groups excluding carboxylic acids is 1. The fraction of sp³-hybridized carbons (Fsp3) is 0.833. The van der Waals surface area contributed by atoms with Crippen molar-refractivity contribution in [2.45, 2.75) is 77.0 Å². The van der Waals surface area contributed by atoms with Crippen LogP contribution in [0.1, 0.15) is 59.3 Å². The van der Waals surface area contributed by atoms with Crippen LogP contribution in [0.15, 0.2) is 12.3 Å². The van der Waals surface area contributed by atoms with Gasteiger partial charge < -0.3 is 20.1 Å². The second kappa shape index (κ2) is 8.57. The number of hydrogen-bond donors (Lipinski definition) is 2. The molecule has 2 unspecified atom stereocenters. The lowest BCUT2D eigenvalue weighted by Crippen LogP contribution is -2.48. The van der Waals surface area contributed by atoms with Crippen LogP contribution in [0, 0.1) is 5.92 Å². The van der Waals surface area contributed by atoms with Crippen molar-refractivity contribution >= 4 is 6.09 Å². The minimum atomic E-state index is -0.456. The molecule has 0 aromatic heterocycles. The molecule has 1 aliphatic heterocycles. The second-order valence-corrected chi connectivity index (χ2v) is 7.65. The summed E-state index contributed by atoms with van der Waals surface area (Å²) in [6.07, 6.45) is 11.0. The van der Waals surface area contributed by atoms with Crippen LogP contribution >= 0.6 is 0 Å². The van der Waals surface area contributed by atoms with Crippen LogP contribution in [0.3, 0.4) is 0 Å². The summed E-state index contributed by atoms with van der Waals surface area (Å²) in [5.74, 6) is 0.629. The molecule has 23 heavy (non-hydrogen) atoms. The third-order valence-electron chi connectivity index (χ3n) is 4.46. The number of rotatable bonds is 6. The van der Waals surface area contributed by atoms with Crippen LogP contribution in [0.25, 0.3) is 0 Å². The molecule has 1 amide bonds. The predicted octanol–water partition coefficient (Wildman–Crippen LogP) is 3.35. The first-order valence-corrected chi connectivity index (χ1v) is 8.95. The second-order valence-electron chi connectivity index (χ2n) is 7.65. The van der Waals surface area contributed by atoms with E-state index in [1.807, 2.05) is 20.8 Å². The Bertz CT molecular complexity index is 398. The Morgan fingerprint density at radius 2 is 2.04 bits per heavy atom. The Kier molecular flexibility index (Phi) is 6.75. The molecule has 2 rings (SSSR count). The van der Waals surface area contributed by atoms with Crippen molar-refractivity contribution < 1.29 is 14.3 Å². The quantitative estimate of drug-likeness (QED) is 0.786. The topological polar surface area (TPSA) is 59.6 Å². The molecule has 1 fully saturated rings. The van der Waals surface area contributed by atoms with E-state index in [0.717, 1.165) is 19.4 Å². The van der Waals surface area contributed by atoms with E-state index in [1.165, 1.54) is 25.7 Å².